The van der Waals surface area contributed by atoms with E-state index in [0.717, 1.165) is 16.8 Å². The lowest BCUT2D eigenvalue weighted by atomic mass is 10.1. The van der Waals surface area contributed by atoms with E-state index in [4.69, 9.17) is 0 Å². The molecule has 2 N–H and O–H groups in total. The summed E-state index contributed by atoms with van der Waals surface area (Å²) >= 11 is 0. The molecule has 20 heavy (non-hydrogen) atoms. The lowest BCUT2D eigenvalue weighted by Crippen LogP contribution is -2.13. The predicted molar refractivity (Wildman–Crippen MR) is 82.7 cm³/mol. The summed E-state index contributed by atoms with van der Waals surface area (Å²) in [5, 5.41) is 2.96. The highest BCUT2D eigenvalue weighted by Crippen LogP contribution is 2.21. The molecule has 0 saturated carbocycles. The Morgan fingerprint density at radius 1 is 0.950 bits per heavy atom. The fourth-order valence-electron chi connectivity index (χ4n) is 1.93. The van der Waals surface area contributed by atoms with E-state index in [9.17, 15) is 8.42 Å². The number of benzene rings is 2. The molecule has 0 aliphatic heterocycles. The number of anilines is 2. The fraction of sp³-hybridized carbons (Fsp3) is 0.200. The van der Waals surface area contributed by atoms with E-state index in [1.807, 2.05) is 26.0 Å². The highest BCUT2D eigenvalue weighted by molar-refractivity contribution is 7.92. The van der Waals surface area contributed by atoms with E-state index in [1.165, 1.54) is 0 Å². The van der Waals surface area contributed by atoms with Gasteiger partial charge in [0.05, 0.1) is 10.6 Å². The third-order valence-corrected chi connectivity index (χ3v) is 4.46. The van der Waals surface area contributed by atoms with Gasteiger partial charge in [0.2, 0.25) is 0 Å². The van der Waals surface area contributed by atoms with Crippen molar-refractivity contribution in [3.05, 3.63) is 53.6 Å². The highest BCUT2D eigenvalue weighted by Gasteiger charge is 2.14. The number of aryl methyl sites for hydroxylation is 2. The normalized spacial score (nSPS) is 11.2. The molecule has 5 heteroatoms. The van der Waals surface area contributed by atoms with E-state index in [0.29, 0.717) is 5.69 Å². The van der Waals surface area contributed by atoms with Crippen molar-refractivity contribution in [1.29, 1.82) is 0 Å². The van der Waals surface area contributed by atoms with Crippen molar-refractivity contribution >= 4 is 21.4 Å². The molecule has 0 saturated heterocycles. The molecule has 0 aromatic heterocycles. The second kappa shape index (κ2) is 5.54. The SMILES string of the molecule is CNc1ccc(S(=O)(=O)Nc2ccc(C)cc2C)cc1. The Balaban J connectivity index is 2.30. The van der Waals surface area contributed by atoms with E-state index in [1.54, 1.807) is 37.4 Å². The van der Waals surface area contributed by atoms with Crippen LogP contribution >= 0.6 is 0 Å². The Hall–Kier alpha value is -2.01. The molecule has 0 atom stereocenters. The Kier molecular flexibility index (Phi) is 3.99. The highest BCUT2D eigenvalue weighted by atomic mass is 32.2. The van der Waals surface area contributed by atoms with Crippen molar-refractivity contribution in [2.75, 3.05) is 17.1 Å². The zero-order valence-electron chi connectivity index (χ0n) is 11.8. The van der Waals surface area contributed by atoms with Gasteiger partial charge in [0.25, 0.3) is 10.0 Å². The minimum absolute atomic E-state index is 0.247. The number of nitrogens with one attached hydrogen (secondary N) is 2. The number of hydrogen-bond acceptors (Lipinski definition) is 3. The van der Waals surface area contributed by atoms with Gasteiger partial charge in [-0.2, -0.15) is 0 Å². The fourth-order valence-corrected chi connectivity index (χ4v) is 3.06. The van der Waals surface area contributed by atoms with E-state index in [2.05, 4.69) is 10.0 Å². The molecule has 2 rings (SSSR count). The zero-order valence-corrected chi connectivity index (χ0v) is 12.6. The zero-order chi connectivity index (χ0) is 14.8. The third kappa shape index (κ3) is 3.11. The van der Waals surface area contributed by atoms with Crippen LogP contribution in [0.1, 0.15) is 11.1 Å². The topological polar surface area (TPSA) is 58.2 Å². The third-order valence-electron chi connectivity index (χ3n) is 3.08. The van der Waals surface area contributed by atoms with Gasteiger partial charge in [-0.15, -0.1) is 0 Å². The molecule has 0 aliphatic carbocycles. The summed E-state index contributed by atoms with van der Waals surface area (Å²) in [4.78, 5) is 0.247. The van der Waals surface area contributed by atoms with Crippen LogP contribution in [0.25, 0.3) is 0 Å². The van der Waals surface area contributed by atoms with Gasteiger partial charge in [0.15, 0.2) is 0 Å². The van der Waals surface area contributed by atoms with Crippen LogP contribution in [0.2, 0.25) is 0 Å². The first-order chi connectivity index (χ1) is 9.42. The number of rotatable bonds is 4. The molecule has 106 valence electrons. The van der Waals surface area contributed by atoms with Crippen molar-refractivity contribution < 1.29 is 8.42 Å². The van der Waals surface area contributed by atoms with Crippen molar-refractivity contribution in [2.24, 2.45) is 0 Å². The molecule has 0 amide bonds. The molecule has 0 heterocycles. The monoisotopic (exact) mass is 290 g/mol. The second-order valence-corrected chi connectivity index (χ2v) is 6.38. The van der Waals surface area contributed by atoms with Crippen LogP contribution in [0, 0.1) is 13.8 Å². The van der Waals surface area contributed by atoms with Gasteiger partial charge >= 0.3 is 0 Å². The molecule has 0 radical (unpaired) electrons. The summed E-state index contributed by atoms with van der Waals surface area (Å²) < 4.78 is 27.2. The van der Waals surface area contributed by atoms with Gasteiger partial charge in [0.1, 0.15) is 0 Å². The summed E-state index contributed by atoms with van der Waals surface area (Å²) in [6.07, 6.45) is 0. The van der Waals surface area contributed by atoms with E-state index in [-0.39, 0.29) is 4.90 Å². The molecule has 0 spiro atoms. The van der Waals surface area contributed by atoms with Gasteiger partial charge in [-0.1, -0.05) is 17.7 Å². The smallest absolute Gasteiger partial charge is 0.261 e. The van der Waals surface area contributed by atoms with Gasteiger partial charge in [-0.25, -0.2) is 8.42 Å². The molecule has 4 nitrogen and oxygen atoms in total. The number of hydrogen-bond donors (Lipinski definition) is 2. The Labute approximate surface area is 119 Å². The Morgan fingerprint density at radius 2 is 1.60 bits per heavy atom. The maximum atomic E-state index is 12.3. The molecule has 0 aliphatic rings. The summed E-state index contributed by atoms with van der Waals surface area (Å²) in [5.74, 6) is 0. The van der Waals surface area contributed by atoms with Gasteiger partial charge in [-0.05, 0) is 49.7 Å². The first-order valence-electron chi connectivity index (χ1n) is 6.30. The van der Waals surface area contributed by atoms with Gasteiger partial charge in [-0.3, -0.25) is 4.72 Å². The van der Waals surface area contributed by atoms with Crippen LogP contribution < -0.4 is 10.0 Å². The summed E-state index contributed by atoms with van der Waals surface area (Å²) in [7, 11) is -1.76. The van der Waals surface area contributed by atoms with Crippen molar-refractivity contribution in [3.8, 4) is 0 Å². The van der Waals surface area contributed by atoms with E-state index >= 15 is 0 Å². The van der Waals surface area contributed by atoms with Crippen LogP contribution in [0.15, 0.2) is 47.4 Å². The first kappa shape index (κ1) is 14.4. The standard InChI is InChI=1S/C15H18N2O2S/c1-11-4-9-15(12(2)10-11)17-20(18,19)14-7-5-13(16-3)6-8-14/h4-10,16-17H,1-3H3. The molecule has 0 bridgehead atoms. The molecule has 0 unspecified atom stereocenters. The van der Waals surface area contributed by atoms with Crippen LogP contribution in [0.3, 0.4) is 0 Å². The van der Waals surface area contributed by atoms with Crippen LogP contribution in [0.5, 0.6) is 0 Å². The van der Waals surface area contributed by atoms with Gasteiger partial charge in [0, 0.05) is 12.7 Å². The van der Waals surface area contributed by atoms with Crippen LogP contribution in [0.4, 0.5) is 11.4 Å². The molecule has 2 aromatic rings. The first-order valence-corrected chi connectivity index (χ1v) is 7.78. The summed E-state index contributed by atoms with van der Waals surface area (Å²) in [5.41, 5.74) is 3.48. The quantitative estimate of drug-likeness (QED) is 0.909. The Morgan fingerprint density at radius 3 is 2.15 bits per heavy atom. The van der Waals surface area contributed by atoms with Gasteiger partial charge < -0.3 is 5.32 Å². The van der Waals surface area contributed by atoms with Crippen molar-refractivity contribution in [2.45, 2.75) is 18.7 Å². The van der Waals surface area contributed by atoms with Crippen LogP contribution in [-0.2, 0) is 10.0 Å². The number of sulfonamides is 1. The lowest BCUT2D eigenvalue weighted by Gasteiger charge is -2.11. The largest absolute Gasteiger partial charge is 0.388 e. The van der Waals surface area contributed by atoms with Crippen molar-refractivity contribution in [3.63, 3.8) is 0 Å². The molecule has 2 aromatic carbocycles. The maximum Gasteiger partial charge on any atom is 0.261 e. The average Bonchev–Trinajstić information content (AvgIpc) is 2.42. The maximum absolute atomic E-state index is 12.3. The predicted octanol–water partition coefficient (Wildman–Crippen LogP) is 3.15. The molecule has 0 fully saturated rings. The second-order valence-electron chi connectivity index (χ2n) is 4.70. The van der Waals surface area contributed by atoms with Crippen molar-refractivity contribution in [1.82, 2.24) is 0 Å². The van der Waals surface area contributed by atoms with E-state index < -0.39 is 10.0 Å². The molecular weight excluding hydrogens is 272 g/mol. The summed E-state index contributed by atoms with van der Waals surface area (Å²) in [6.45, 7) is 3.86. The average molecular weight is 290 g/mol. The van der Waals surface area contributed by atoms with Crippen LogP contribution in [-0.4, -0.2) is 15.5 Å². The summed E-state index contributed by atoms with van der Waals surface area (Å²) in [6, 6.07) is 12.2. The minimum Gasteiger partial charge on any atom is -0.388 e. The molecular formula is C15H18N2O2S. The Bertz CT molecular complexity index is 707. The minimum atomic E-state index is -3.55. The lowest BCUT2D eigenvalue weighted by molar-refractivity contribution is 0.601.